The van der Waals surface area contributed by atoms with Crippen LogP contribution in [0.25, 0.3) is 44.1 Å². The maximum atomic E-state index is 14.8. The van der Waals surface area contributed by atoms with Crippen LogP contribution in [0.3, 0.4) is 0 Å². The Morgan fingerprint density at radius 2 is 1.68 bits per heavy atom. The number of β-amino-alcohol motifs (C(OH)–C–C–N with tert-alkyl or cyclic N) is 1. The van der Waals surface area contributed by atoms with Crippen LogP contribution in [0.2, 0.25) is 0 Å². The molecule has 16 nitrogen and oxygen atoms in total. The Kier molecular flexibility index (Phi) is 14.5. The van der Waals surface area contributed by atoms with Gasteiger partial charge >= 0.3 is 0 Å². The summed E-state index contributed by atoms with van der Waals surface area (Å²) in [4.78, 5) is 74.0. The van der Waals surface area contributed by atoms with Crippen molar-refractivity contribution in [3.8, 4) is 38.8 Å². The number of benzene rings is 3. The van der Waals surface area contributed by atoms with E-state index in [1.165, 1.54) is 18.1 Å². The number of piperazine rings is 1. The summed E-state index contributed by atoms with van der Waals surface area (Å²) in [6.07, 6.45) is 2.21. The number of hydrogen-bond donors (Lipinski definition) is 4. The molecule has 0 unspecified atom stereocenters. The molecule has 0 spiro atoms. The third-order valence-electron chi connectivity index (χ3n) is 12.6. The average Bonchev–Trinajstić information content (AvgIpc) is 4.08. The Balaban J connectivity index is 0.783. The van der Waals surface area contributed by atoms with E-state index in [-0.39, 0.29) is 55.0 Å². The van der Waals surface area contributed by atoms with Crippen LogP contribution in [0.1, 0.15) is 64.1 Å². The van der Waals surface area contributed by atoms with Crippen LogP contribution in [0.4, 0.5) is 10.1 Å². The highest BCUT2D eigenvalue weighted by Crippen LogP contribution is 2.34. The lowest BCUT2D eigenvalue weighted by atomic mass is 9.85. The van der Waals surface area contributed by atoms with Gasteiger partial charge in [0.2, 0.25) is 23.6 Å². The number of carbonyl (C=O) groups excluding carboxylic acids is 4. The first-order valence-electron chi connectivity index (χ1n) is 22.9. The molecule has 0 aliphatic carbocycles. The highest BCUT2D eigenvalue weighted by Gasteiger charge is 2.44. The number of nitrogens with zero attached hydrogens (tertiary/aromatic N) is 7. The minimum absolute atomic E-state index is 0.0110. The number of aromatic amines is 1. The van der Waals surface area contributed by atoms with E-state index in [4.69, 9.17) is 4.74 Å². The number of rotatable bonds is 15. The van der Waals surface area contributed by atoms with E-state index >= 15 is 0 Å². The number of methoxy groups -OCH3 is 1. The van der Waals surface area contributed by atoms with Crippen molar-refractivity contribution in [1.29, 1.82) is 0 Å². The molecule has 2 aliphatic heterocycles. The van der Waals surface area contributed by atoms with Gasteiger partial charge in [0.05, 0.1) is 41.1 Å². The second-order valence-corrected chi connectivity index (χ2v) is 19.3. The lowest BCUT2D eigenvalue weighted by Crippen LogP contribution is -2.57. The molecule has 0 saturated carbocycles. The fourth-order valence-corrected chi connectivity index (χ4v) is 9.62. The maximum absolute atomic E-state index is 14.8. The molecule has 2 aliphatic rings. The Labute approximate surface area is 398 Å². The Bertz CT molecular complexity index is 2770. The Morgan fingerprint density at radius 1 is 0.956 bits per heavy atom. The van der Waals surface area contributed by atoms with Crippen molar-refractivity contribution < 1.29 is 33.4 Å². The predicted molar refractivity (Wildman–Crippen MR) is 258 cm³/mol. The number of nitrogens with one attached hydrogen (secondary N) is 3. The molecule has 0 bridgehead atoms. The molecule has 2 saturated heterocycles. The molecule has 3 aromatic heterocycles. The van der Waals surface area contributed by atoms with Gasteiger partial charge in [-0.3, -0.25) is 24.3 Å². The van der Waals surface area contributed by atoms with E-state index in [1.54, 1.807) is 29.7 Å². The molecule has 3 aromatic carbocycles. The molecule has 356 valence electrons. The summed E-state index contributed by atoms with van der Waals surface area (Å²) in [6.45, 7) is 10.2. The number of aromatic nitrogens is 5. The molecule has 2 fully saturated rings. The fourth-order valence-electron chi connectivity index (χ4n) is 8.80. The first-order chi connectivity index (χ1) is 32.7. The number of unbranched alkanes of at least 4 members (excludes halogenated alkanes) is 1. The smallest absolute Gasteiger partial charge is 0.246 e. The number of ether oxygens (including phenoxy) is 1. The molecule has 0 radical (unpaired) electrons. The summed E-state index contributed by atoms with van der Waals surface area (Å²) in [5.74, 6) is -1.03. The lowest BCUT2D eigenvalue weighted by Gasteiger charge is -2.36. The normalized spacial score (nSPS) is 16.8. The summed E-state index contributed by atoms with van der Waals surface area (Å²) in [7, 11) is 1.47. The van der Waals surface area contributed by atoms with Crippen molar-refractivity contribution in [2.75, 3.05) is 44.7 Å². The van der Waals surface area contributed by atoms with Gasteiger partial charge in [-0.2, -0.15) is 5.10 Å². The Hall–Kier alpha value is -6.79. The van der Waals surface area contributed by atoms with Crippen LogP contribution in [0, 0.1) is 18.2 Å². The van der Waals surface area contributed by atoms with Crippen LogP contribution >= 0.6 is 11.3 Å². The van der Waals surface area contributed by atoms with Crippen molar-refractivity contribution in [2.45, 2.75) is 84.5 Å². The van der Waals surface area contributed by atoms with E-state index in [2.05, 4.69) is 40.7 Å². The van der Waals surface area contributed by atoms with Crippen LogP contribution in [0.5, 0.6) is 5.75 Å². The minimum Gasteiger partial charge on any atom is -0.496 e. The summed E-state index contributed by atoms with van der Waals surface area (Å²) in [5.41, 5.74) is 7.81. The van der Waals surface area contributed by atoms with E-state index in [0.717, 1.165) is 32.9 Å². The van der Waals surface area contributed by atoms with Gasteiger partial charge in [0, 0.05) is 69.8 Å². The van der Waals surface area contributed by atoms with Crippen molar-refractivity contribution in [3.05, 3.63) is 95.5 Å². The second kappa shape index (κ2) is 20.6. The quantitative estimate of drug-likeness (QED) is 0.0845. The summed E-state index contributed by atoms with van der Waals surface area (Å²) < 4.78 is 20.2. The minimum atomic E-state index is -0.933. The SMILES string of the molecule is COc1cccc(F)c1-c1ncc2[nH]nc(-c3ccc(N4CCN(C(=O)CCCCC(=O)N[C@H](C(=O)N5C[C@H](O)C[C@H]5C(=O)NCc5ccc(-c6scnc6C)cc5)C(C)(C)C)CC4)cc3)c2n1. The van der Waals surface area contributed by atoms with Crippen LogP contribution < -0.4 is 20.3 Å². The number of likely N-dealkylation sites (tertiary alicyclic amines) is 1. The topological polar surface area (TPSA) is 199 Å². The van der Waals surface area contributed by atoms with Crippen LogP contribution in [-0.4, -0.2) is 122 Å². The number of amides is 4. The summed E-state index contributed by atoms with van der Waals surface area (Å²) in [6, 6.07) is 18.6. The number of hydrogen-bond acceptors (Lipinski definition) is 12. The predicted octanol–water partition coefficient (Wildman–Crippen LogP) is 6.28. The number of aryl methyl sites for hydroxylation is 1. The molecule has 3 atom stereocenters. The first kappa shape index (κ1) is 47.7. The van der Waals surface area contributed by atoms with Crippen molar-refractivity contribution in [1.82, 2.24) is 45.6 Å². The van der Waals surface area contributed by atoms with Gasteiger partial charge in [0.25, 0.3) is 0 Å². The van der Waals surface area contributed by atoms with Gasteiger partial charge in [-0.05, 0) is 60.6 Å². The molecule has 5 heterocycles. The van der Waals surface area contributed by atoms with Gasteiger partial charge < -0.3 is 35.2 Å². The van der Waals surface area contributed by atoms with Gasteiger partial charge in [0.15, 0.2) is 5.82 Å². The van der Waals surface area contributed by atoms with Gasteiger partial charge in [-0.15, -0.1) is 11.3 Å². The third-order valence-corrected chi connectivity index (χ3v) is 13.6. The molecule has 4 N–H and O–H groups in total. The van der Waals surface area contributed by atoms with E-state index < -0.39 is 35.3 Å². The number of thiazole rings is 1. The molecule has 68 heavy (non-hydrogen) atoms. The molecule has 8 rings (SSSR count). The van der Waals surface area contributed by atoms with Gasteiger partial charge in [0.1, 0.15) is 40.4 Å². The first-order valence-corrected chi connectivity index (χ1v) is 23.8. The Morgan fingerprint density at radius 3 is 2.37 bits per heavy atom. The number of H-pyrrole nitrogens is 1. The summed E-state index contributed by atoms with van der Waals surface area (Å²) in [5, 5.41) is 23.9. The van der Waals surface area contributed by atoms with Gasteiger partial charge in [-0.1, -0.05) is 63.2 Å². The number of anilines is 1. The monoisotopic (exact) mass is 944 g/mol. The number of aliphatic hydroxyl groups excluding tert-OH is 1. The standard InChI is InChI=1S/C50H57FN10O6S/c1-30-45(68-29-54-30)33-15-13-31(14-16-33)26-53-48(65)38-25-35(62)28-61(38)49(66)46(50(2,3)4)55-40(63)11-6-7-12-41(64)60-23-21-59(22-24-60)34-19-17-32(18-20-34)43-44-37(57-58-43)27-52-47(56-44)42-36(51)9-8-10-39(42)67-5/h8-10,13-20,27,29,35,38,46,62H,6-7,11-12,21-26,28H2,1-5H3,(H,53,65)(H,55,63)(H,57,58)/t35-,38+,46-/m1/s1. The van der Waals surface area contributed by atoms with Crippen molar-refractivity contribution in [3.63, 3.8) is 0 Å². The zero-order chi connectivity index (χ0) is 48.1. The van der Waals surface area contributed by atoms with Crippen LogP contribution in [-0.2, 0) is 25.7 Å². The number of halogens is 1. The molecular formula is C50H57FN10O6S. The molecule has 6 aromatic rings. The zero-order valence-corrected chi connectivity index (χ0v) is 39.7. The highest BCUT2D eigenvalue weighted by atomic mass is 32.1. The lowest BCUT2D eigenvalue weighted by molar-refractivity contribution is -0.144. The number of carbonyl (C=O) groups is 4. The van der Waals surface area contributed by atoms with Crippen molar-refractivity contribution >= 4 is 51.7 Å². The average molecular weight is 945 g/mol. The van der Waals surface area contributed by atoms with E-state index in [0.29, 0.717) is 67.9 Å². The largest absolute Gasteiger partial charge is 0.496 e. The molecule has 4 amide bonds. The summed E-state index contributed by atoms with van der Waals surface area (Å²) >= 11 is 1.57. The highest BCUT2D eigenvalue weighted by molar-refractivity contribution is 7.13. The number of fused-ring (bicyclic) bond motifs is 1. The molecule has 18 heteroatoms. The van der Waals surface area contributed by atoms with E-state index in [1.807, 2.05) is 86.6 Å². The molecular weight excluding hydrogens is 888 g/mol. The van der Waals surface area contributed by atoms with Gasteiger partial charge in [-0.25, -0.2) is 19.3 Å². The van der Waals surface area contributed by atoms with Crippen molar-refractivity contribution in [2.24, 2.45) is 5.41 Å². The fraction of sp³-hybridized carbons (Fsp3) is 0.400. The zero-order valence-electron chi connectivity index (χ0n) is 38.9. The maximum Gasteiger partial charge on any atom is 0.246 e. The second-order valence-electron chi connectivity index (χ2n) is 18.4. The van der Waals surface area contributed by atoms with E-state index in [9.17, 15) is 28.7 Å². The number of aliphatic hydroxyl groups is 1. The van der Waals surface area contributed by atoms with Crippen LogP contribution in [0.15, 0.2) is 78.4 Å². The third kappa shape index (κ3) is 10.7.